The van der Waals surface area contributed by atoms with Gasteiger partial charge in [0.2, 0.25) is 5.91 Å². The Hall–Kier alpha value is -3.17. The molecule has 0 saturated heterocycles. The molecule has 1 aromatic heterocycles. The molecule has 0 radical (unpaired) electrons. The van der Waals surface area contributed by atoms with Crippen molar-refractivity contribution in [3.8, 4) is 11.4 Å². The van der Waals surface area contributed by atoms with Crippen LogP contribution in [0.4, 0.5) is 32.6 Å². The van der Waals surface area contributed by atoms with Crippen molar-refractivity contribution < 1.29 is 42.2 Å². The largest absolute Gasteiger partial charge is 0.416 e. The Balaban J connectivity index is 2.38. The number of amides is 2. The van der Waals surface area contributed by atoms with E-state index in [0.717, 1.165) is 23.3 Å². The van der Waals surface area contributed by atoms with Crippen LogP contribution in [-0.4, -0.2) is 26.6 Å². The van der Waals surface area contributed by atoms with Gasteiger partial charge in [-0.15, -0.1) is 5.10 Å². The maximum atomic E-state index is 13.1. The first kappa shape index (κ1) is 24.1. The highest BCUT2D eigenvalue weighted by Gasteiger charge is 2.66. The SMILES string of the molecule is CCC(=O)NNC(=O)/C=C\n1cnc(-c2cc(C(F)(F)F)cc(S(F)(F)(F)(F)F)c2)n1. The van der Waals surface area contributed by atoms with Gasteiger partial charge in [0.1, 0.15) is 11.2 Å². The summed E-state index contributed by atoms with van der Waals surface area (Å²) in [5, 5.41) is 3.54. The number of alkyl halides is 3. The molecule has 2 N–H and O–H groups in total. The van der Waals surface area contributed by atoms with Gasteiger partial charge in [-0.3, -0.25) is 20.4 Å². The van der Waals surface area contributed by atoms with Crippen LogP contribution in [-0.2, 0) is 15.8 Å². The predicted octanol–water partition coefficient (Wildman–Crippen LogP) is 4.65. The lowest BCUT2D eigenvalue weighted by Gasteiger charge is -2.40. The van der Waals surface area contributed by atoms with Gasteiger partial charge in [-0.25, -0.2) is 9.67 Å². The fraction of sp³-hybridized carbons (Fsp3) is 0.200. The van der Waals surface area contributed by atoms with Crippen LogP contribution >= 0.6 is 10.2 Å². The van der Waals surface area contributed by atoms with Crippen molar-refractivity contribution in [1.82, 2.24) is 25.6 Å². The van der Waals surface area contributed by atoms with E-state index < -0.39 is 56.1 Å². The molecule has 0 atom stereocenters. The number of aromatic nitrogens is 3. The first-order valence-electron chi connectivity index (χ1n) is 8.04. The first-order valence-corrected chi connectivity index (χ1v) is 9.99. The Bertz CT molecular complexity index is 1050. The monoisotopic (exact) mass is 479 g/mol. The fourth-order valence-electron chi connectivity index (χ4n) is 2.00. The number of carbonyl (C=O) groups excluding carboxylic acids is 2. The Morgan fingerprint density at radius 3 is 2.29 bits per heavy atom. The van der Waals surface area contributed by atoms with Crippen molar-refractivity contribution in [1.29, 1.82) is 0 Å². The van der Waals surface area contributed by atoms with Gasteiger partial charge in [0, 0.05) is 24.3 Å². The molecule has 0 aliphatic carbocycles. The van der Waals surface area contributed by atoms with Crippen molar-refractivity contribution in [3.63, 3.8) is 0 Å². The Kier molecular flexibility index (Phi) is 5.61. The van der Waals surface area contributed by atoms with E-state index in [1.165, 1.54) is 6.92 Å². The van der Waals surface area contributed by atoms with Crippen molar-refractivity contribution >= 4 is 28.2 Å². The molecule has 1 aromatic carbocycles. The van der Waals surface area contributed by atoms with Gasteiger partial charge in [-0.1, -0.05) is 26.4 Å². The highest BCUT2D eigenvalue weighted by atomic mass is 32.5. The quantitative estimate of drug-likeness (QED) is 0.371. The number of rotatable bonds is 5. The number of benzene rings is 1. The van der Waals surface area contributed by atoms with Crippen LogP contribution < -0.4 is 10.9 Å². The molecule has 31 heavy (non-hydrogen) atoms. The normalized spacial score (nSPS) is 14.7. The second-order valence-corrected chi connectivity index (χ2v) is 8.38. The molecule has 0 fully saturated rings. The molecular formula is C15H13F8N5O2S. The lowest BCUT2D eigenvalue weighted by atomic mass is 10.1. The molecule has 0 aliphatic rings. The fourth-order valence-corrected chi connectivity index (χ4v) is 2.70. The minimum Gasteiger partial charge on any atom is -0.273 e. The zero-order valence-corrected chi connectivity index (χ0v) is 16.1. The van der Waals surface area contributed by atoms with Gasteiger partial charge in [-0.2, -0.15) is 13.2 Å². The first-order chi connectivity index (χ1) is 13.9. The number of nitrogens with one attached hydrogen (secondary N) is 2. The van der Waals surface area contributed by atoms with Gasteiger partial charge in [-0.05, 0) is 18.2 Å². The van der Waals surface area contributed by atoms with Crippen molar-refractivity contribution in [2.24, 2.45) is 0 Å². The standard InChI is InChI=1S/C15H13F8N5O2S/c1-2-12(29)25-26-13(30)3-4-28-8-24-14(27-28)9-5-10(15(16,17)18)7-11(6-9)31(19,20,21,22)23/h3-8H,2H2,1H3,(H,25,29)(H,26,30)/b4-3-. The van der Waals surface area contributed by atoms with E-state index in [2.05, 4.69) is 10.1 Å². The molecule has 0 bridgehead atoms. The molecule has 0 unspecified atom stereocenters. The van der Waals surface area contributed by atoms with Crippen LogP contribution in [0.15, 0.2) is 35.5 Å². The van der Waals surface area contributed by atoms with Crippen molar-refractivity contribution in [2.75, 3.05) is 0 Å². The number of halogens is 8. The summed E-state index contributed by atoms with van der Waals surface area (Å²) < 4.78 is 105. The van der Waals surface area contributed by atoms with E-state index in [9.17, 15) is 42.2 Å². The van der Waals surface area contributed by atoms with E-state index >= 15 is 0 Å². The van der Waals surface area contributed by atoms with Crippen LogP contribution in [0, 0.1) is 0 Å². The van der Waals surface area contributed by atoms with Gasteiger partial charge in [0.05, 0.1) is 5.56 Å². The van der Waals surface area contributed by atoms with Gasteiger partial charge in [0.15, 0.2) is 5.82 Å². The molecule has 2 aromatic rings. The number of hydrogen-bond donors (Lipinski definition) is 2. The summed E-state index contributed by atoms with van der Waals surface area (Å²) in [5.41, 5.74) is 1.08. The average molecular weight is 479 g/mol. The molecule has 2 rings (SSSR count). The second kappa shape index (κ2) is 7.21. The lowest BCUT2D eigenvalue weighted by molar-refractivity contribution is -0.137. The van der Waals surface area contributed by atoms with E-state index in [1.807, 2.05) is 10.9 Å². The third-order valence-corrected chi connectivity index (χ3v) is 4.60. The van der Waals surface area contributed by atoms with Crippen LogP contribution in [0.1, 0.15) is 18.9 Å². The summed E-state index contributed by atoms with van der Waals surface area (Å²) in [6, 6.07) is -0.687. The summed E-state index contributed by atoms with van der Waals surface area (Å²) in [7, 11) is -10.4. The highest BCUT2D eigenvalue weighted by molar-refractivity contribution is 8.45. The molecule has 1 heterocycles. The highest BCUT2D eigenvalue weighted by Crippen LogP contribution is 3.02. The second-order valence-electron chi connectivity index (χ2n) is 5.97. The van der Waals surface area contributed by atoms with Crippen molar-refractivity contribution in [3.05, 3.63) is 36.2 Å². The molecule has 172 valence electrons. The van der Waals surface area contributed by atoms with Crippen LogP contribution in [0.25, 0.3) is 17.6 Å². The van der Waals surface area contributed by atoms with E-state index in [1.54, 1.807) is 0 Å². The van der Waals surface area contributed by atoms with Gasteiger partial charge < -0.3 is 0 Å². The molecule has 7 nitrogen and oxygen atoms in total. The summed E-state index contributed by atoms with van der Waals surface area (Å²) in [6.45, 7) is 1.52. The summed E-state index contributed by atoms with van der Waals surface area (Å²) >= 11 is 0. The third kappa shape index (κ3) is 6.66. The number of hydrazine groups is 1. The molecule has 2 amide bonds. The minimum atomic E-state index is -10.4. The topological polar surface area (TPSA) is 88.9 Å². The molecule has 0 aliphatic heterocycles. The molecule has 0 saturated carbocycles. The average Bonchev–Trinajstić information content (AvgIpc) is 3.10. The maximum Gasteiger partial charge on any atom is 0.416 e. The summed E-state index contributed by atoms with van der Waals surface area (Å²) in [4.78, 5) is 23.2. The number of nitrogens with zero attached hydrogens (tertiary/aromatic N) is 3. The van der Waals surface area contributed by atoms with E-state index in [-0.39, 0.29) is 18.6 Å². The number of carbonyl (C=O) groups is 2. The maximum absolute atomic E-state index is 13.1. The zero-order chi connectivity index (χ0) is 23.7. The van der Waals surface area contributed by atoms with Gasteiger partial charge in [0.25, 0.3) is 5.91 Å². The summed E-state index contributed by atoms with van der Waals surface area (Å²) in [6.07, 6.45) is -2.75. The van der Waals surface area contributed by atoms with Crippen LogP contribution in [0.5, 0.6) is 0 Å². The predicted molar refractivity (Wildman–Crippen MR) is 93.8 cm³/mol. The number of hydrogen-bond acceptors (Lipinski definition) is 4. The third-order valence-electron chi connectivity index (χ3n) is 3.47. The summed E-state index contributed by atoms with van der Waals surface area (Å²) in [5.74, 6) is -2.09. The van der Waals surface area contributed by atoms with E-state index in [0.29, 0.717) is 0 Å². The lowest BCUT2D eigenvalue weighted by Crippen LogP contribution is -2.40. The molecular weight excluding hydrogens is 466 g/mol. The molecule has 16 heteroatoms. The Labute approximate surface area is 168 Å². The smallest absolute Gasteiger partial charge is 0.273 e. The molecule has 0 spiro atoms. The Morgan fingerprint density at radius 2 is 1.74 bits per heavy atom. The van der Waals surface area contributed by atoms with Crippen LogP contribution in [0.3, 0.4) is 0 Å². The minimum absolute atomic E-state index is 0.0778. The van der Waals surface area contributed by atoms with Crippen LogP contribution in [0.2, 0.25) is 0 Å². The Morgan fingerprint density at radius 1 is 1.10 bits per heavy atom. The van der Waals surface area contributed by atoms with Gasteiger partial charge >= 0.3 is 16.4 Å². The van der Waals surface area contributed by atoms with Crippen molar-refractivity contribution in [2.45, 2.75) is 24.4 Å². The zero-order valence-electron chi connectivity index (χ0n) is 15.3. The van der Waals surface area contributed by atoms with E-state index in [4.69, 9.17) is 0 Å².